The van der Waals surface area contributed by atoms with Gasteiger partial charge in [0, 0.05) is 57.5 Å². The van der Waals surface area contributed by atoms with Gasteiger partial charge in [-0.15, -0.1) is 0 Å². The van der Waals surface area contributed by atoms with Crippen LogP contribution >= 0.6 is 11.7 Å². The van der Waals surface area contributed by atoms with Gasteiger partial charge in [0.1, 0.15) is 18.3 Å². The summed E-state index contributed by atoms with van der Waals surface area (Å²) < 4.78 is 6.47. The van der Waals surface area contributed by atoms with Gasteiger partial charge in [-0.1, -0.05) is 12.8 Å². The minimum absolute atomic E-state index is 0.0648. The quantitative estimate of drug-likeness (QED) is 0.0169. The van der Waals surface area contributed by atoms with Crippen LogP contribution in [0.15, 0.2) is 24.8 Å². The van der Waals surface area contributed by atoms with Crippen LogP contribution < -0.4 is 73.5 Å². The van der Waals surface area contributed by atoms with Crippen molar-refractivity contribution in [3.63, 3.8) is 0 Å². The van der Waals surface area contributed by atoms with E-state index < -0.39 is 73.9 Å². The van der Waals surface area contributed by atoms with Crippen molar-refractivity contribution >= 4 is 71.0 Å². The maximum atomic E-state index is 14.3. The summed E-state index contributed by atoms with van der Waals surface area (Å²) in [5.74, 6) is -4.88. The van der Waals surface area contributed by atoms with Gasteiger partial charge in [0.25, 0.3) is 5.56 Å². The molecule has 1 aromatic rings. The van der Waals surface area contributed by atoms with Gasteiger partial charge in [0.05, 0.1) is 32.7 Å². The lowest BCUT2D eigenvalue weighted by Crippen LogP contribution is -2.52. The van der Waals surface area contributed by atoms with Gasteiger partial charge >= 0.3 is 0 Å². The first kappa shape index (κ1) is 58.2. The molecule has 0 saturated carbocycles. The van der Waals surface area contributed by atoms with Crippen LogP contribution in [-0.2, 0) is 35.3 Å². The first-order valence-corrected chi connectivity index (χ1v) is 22.5. The Morgan fingerprint density at radius 2 is 1.03 bits per heavy atom. The number of hydrogen-bond donors (Lipinski definition) is 13. The van der Waals surface area contributed by atoms with Crippen LogP contribution in [0.3, 0.4) is 0 Å². The molecule has 6 amide bonds. The van der Waals surface area contributed by atoms with E-state index in [-0.39, 0.29) is 113 Å². The fourth-order valence-corrected chi connectivity index (χ4v) is 6.56. The summed E-state index contributed by atoms with van der Waals surface area (Å²) >= 11 is 0.720. The SMILES string of the molecule is NCCCCCCNCC(=O)N(CCCN=C(N)N)CC(=O)N(CCCN=C(N)N)CC(=O)N(CC(=O)N(CCCN=C(N)N)CC(=O)N[C@H](CCCN=C(N)N)C(N)=O)Cc1ns[nH]c1=O. The molecule has 1 atom stereocenters. The molecule has 0 bridgehead atoms. The molecular weight excluding hydrogens is 897 g/mol. The van der Waals surface area contributed by atoms with E-state index in [0.29, 0.717) is 19.5 Å². The van der Waals surface area contributed by atoms with E-state index in [9.17, 15) is 33.6 Å². The molecule has 67 heavy (non-hydrogen) atoms. The zero-order valence-electron chi connectivity index (χ0n) is 38.1. The number of primary amides is 1. The molecule has 1 aromatic heterocycles. The van der Waals surface area contributed by atoms with Crippen LogP contribution in [0.2, 0.25) is 0 Å². The number of nitrogens with two attached hydrogens (primary N) is 10. The zero-order chi connectivity index (χ0) is 50.1. The van der Waals surface area contributed by atoms with Gasteiger partial charge in [-0.05, 0) is 58.0 Å². The van der Waals surface area contributed by atoms with Crippen LogP contribution in [0.4, 0.5) is 0 Å². The minimum Gasteiger partial charge on any atom is -0.370 e. The normalized spacial score (nSPS) is 11.1. The molecule has 0 unspecified atom stereocenters. The predicted octanol–water partition coefficient (Wildman–Crippen LogP) is -7.23. The van der Waals surface area contributed by atoms with Crippen molar-refractivity contribution in [1.29, 1.82) is 0 Å². The first-order valence-electron chi connectivity index (χ1n) is 21.7. The predicted molar refractivity (Wildman–Crippen MR) is 255 cm³/mol. The van der Waals surface area contributed by atoms with E-state index in [1.54, 1.807) is 0 Å². The number of rotatable bonds is 36. The number of H-pyrrole nitrogens is 1. The van der Waals surface area contributed by atoms with Crippen molar-refractivity contribution in [2.45, 2.75) is 70.4 Å². The number of aliphatic imine (C=N–C) groups is 4. The highest BCUT2D eigenvalue weighted by atomic mass is 32.1. The summed E-state index contributed by atoms with van der Waals surface area (Å²) in [5, 5.41) is 5.62. The second kappa shape index (κ2) is 33.6. The van der Waals surface area contributed by atoms with Crippen LogP contribution in [0.25, 0.3) is 0 Å². The second-order valence-corrected chi connectivity index (χ2v) is 15.7. The molecule has 0 saturated heterocycles. The van der Waals surface area contributed by atoms with Gasteiger partial charge in [-0.2, -0.15) is 4.37 Å². The van der Waals surface area contributed by atoms with Gasteiger partial charge in [0.2, 0.25) is 35.4 Å². The minimum atomic E-state index is -1.14. The summed E-state index contributed by atoms with van der Waals surface area (Å²) in [7, 11) is 0. The van der Waals surface area contributed by atoms with Crippen LogP contribution in [0, 0.1) is 0 Å². The maximum absolute atomic E-state index is 14.3. The number of guanidine groups is 4. The monoisotopic (exact) mass is 969 g/mol. The van der Waals surface area contributed by atoms with E-state index in [2.05, 4.69) is 39.4 Å². The molecule has 0 aliphatic heterocycles. The molecular formula is C37H72N22O7S. The van der Waals surface area contributed by atoms with Crippen molar-refractivity contribution in [2.24, 2.45) is 77.3 Å². The lowest BCUT2D eigenvalue weighted by Gasteiger charge is -2.31. The molecule has 0 spiro atoms. The Morgan fingerprint density at radius 3 is 1.49 bits per heavy atom. The van der Waals surface area contributed by atoms with E-state index in [1.165, 1.54) is 9.80 Å². The number of hydrogen-bond acceptors (Lipinski definition) is 15. The third-order valence-corrected chi connectivity index (χ3v) is 10.1. The summed E-state index contributed by atoms with van der Waals surface area (Å²) in [6.45, 7) is -1.35. The summed E-state index contributed by atoms with van der Waals surface area (Å²) in [5.41, 5.74) is 54.0. The zero-order valence-corrected chi connectivity index (χ0v) is 38.9. The smallest absolute Gasteiger partial charge is 0.282 e. The lowest BCUT2D eigenvalue weighted by molar-refractivity contribution is -0.147. The number of nitrogens with one attached hydrogen (secondary N) is 3. The molecule has 29 nitrogen and oxygen atoms in total. The maximum Gasteiger partial charge on any atom is 0.282 e. The Balaban J connectivity index is 3.48. The molecule has 0 fully saturated rings. The molecule has 0 aliphatic rings. The Bertz CT molecular complexity index is 1870. The van der Waals surface area contributed by atoms with E-state index in [4.69, 9.17) is 57.3 Å². The Kier molecular flexibility index (Phi) is 29.2. The highest BCUT2D eigenvalue weighted by Gasteiger charge is 2.29. The fourth-order valence-electron chi connectivity index (χ4n) is 6.07. The van der Waals surface area contributed by atoms with Crippen molar-refractivity contribution in [2.75, 3.05) is 91.6 Å². The highest BCUT2D eigenvalue weighted by Crippen LogP contribution is 2.08. The van der Waals surface area contributed by atoms with E-state index in [1.807, 2.05) is 0 Å². The molecule has 23 N–H and O–H groups in total. The third kappa shape index (κ3) is 27.3. The summed E-state index contributed by atoms with van der Waals surface area (Å²) in [6.07, 6.45) is 4.62. The van der Waals surface area contributed by atoms with Gasteiger partial charge in [0.15, 0.2) is 23.8 Å². The Hall–Kier alpha value is -6.82. The Labute approximate surface area is 393 Å². The average Bonchev–Trinajstić information content (AvgIpc) is 3.67. The van der Waals surface area contributed by atoms with Crippen LogP contribution in [-0.4, -0.2) is 185 Å². The Morgan fingerprint density at radius 1 is 0.582 bits per heavy atom. The standard InChI is InChI=1S/C37H72N22O7S/c38-10-3-1-2-4-11-48-19-28(61)57(17-7-14-51-36(44)45)22-29(62)58(18-8-15-52-37(46)47)23-31(64)59(20-26-33(66)55-67-54-26)24-30(63)56(16-6-13-50-35(42)43)21-27(60)53-25(32(39)65)9-5-12-49-34(40)41/h25,48H,1-24,38H2,(H2,39,65)(H,53,60)(H,55,66)(H4,40,41,49)(H4,42,43,50)(H4,44,45,51)(H4,46,47,52)/t25-/m1/s1. The molecule has 0 aliphatic carbocycles. The molecule has 0 radical (unpaired) electrons. The highest BCUT2D eigenvalue weighted by molar-refractivity contribution is 6.99. The van der Waals surface area contributed by atoms with Crippen molar-refractivity contribution in [3.05, 3.63) is 16.0 Å². The number of unbranched alkanes of at least 4 members (excludes halogenated alkanes) is 3. The molecule has 0 aromatic carbocycles. The topological polar surface area (TPSA) is 495 Å². The van der Waals surface area contributed by atoms with Crippen molar-refractivity contribution in [1.82, 2.24) is 39.0 Å². The summed E-state index contributed by atoms with van der Waals surface area (Å²) in [6, 6.07) is -1.14. The largest absolute Gasteiger partial charge is 0.370 e. The third-order valence-electron chi connectivity index (χ3n) is 9.47. The molecule has 1 heterocycles. The number of nitrogens with zero attached hydrogens (tertiary/aromatic N) is 9. The second-order valence-electron chi connectivity index (χ2n) is 15.1. The van der Waals surface area contributed by atoms with Crippen molar-refractivity contribution in [3.8, 4) is 0 Å². The van der Waals surface area contributed by atoms with Crippen LogP contribution in [0.1, 0.15) is 63.5 Å². The first-order chi connectivity index (χ1) is 31.8. The van der Waals surface area contributed by atoms with Crippen LogP contribution in [0.5, 0.6) is 0 Å². The van der Waals surface area contributed by atoms with Gasteiger partial charge in [-0.3, -0.25) is 57.9 Å². The van der Waals surface area contributed by atoms with Gasteiger partial charge < -0.3 is 87.6 Å². The number of carbonyl (C=O) groups excluding carboxylic acids is 6. The lowest BCUT2D eigenvalue weighted by atomic mass is 10.1. The molecule has 30 heteroatoms. The van der Waals surface area contributed by atoms with E-state index in [0.717, 1.165) is 47.2 Å². The molecule has 1 rings (SSSR count). The van der Waals surface area contributed by atoms with Gasteiger partial charge in [-0.25, -0.2) is 0 Å². The number of aromatic amines is 1. The average molecular weight is 969 g/mol. The number of carbonyl (C=O) groups is 6. The fraction of sp³-hybridized carbons (Fsp3) is 0.676. The van der Waals surface area contributed by atoms with Crippen molar-refractivity contribution < 1.29 is 28.8 Å². The number of aromatic nitrogens is 2. The molecule has 378 valence electrons. The van der Waals surface area contributed by atoms with E-state index >= 15 is 0 Å². The summed E-state index contributed by atoms with van der Waals surface area (Å²) in [4.78, 5) is 115. The number of amides is 6.